The second kappa shape index (κ2) is 20.4. The Morgan fingerprint density at radius 3 is 0.909 bits per heavy atom. The normalized spacial score (nSPS) is 43.4. The van der Waals surface area contributed by atoms with Gasteiger partial charge < -0.3 is 37.9 Å². The number of carbonyl (C=O) groups excluding carboxylic acids is 4. The number of esters is 4. The fourth-order valence-corrected chi connectivity index (χ4v) is 9.02. The van der Waals surface area contributed by atoms with Crippen LogP contribution in [0.3, 0.4) is 0 Å². The van der Waals surface area contributed by atoms with Crippen LogP contribution < -0.4 is 0 Å². The van der Waals surface area contributed by atoms with E-state index in [1.54, 1.807) is 0 Å². The summed E-state index contributed by atoms with van der Waals surface area (Å²) in [4.78, 5) is 53.2. The van der Waals surface area contributed by atoms with Crippen LogP contribution in [0.5, 0.6) is 0 Å². The Morgan fingerprint density at radius 2 is 0.636 bits per heavy atom. The number of fused-ring (bicyclic) bond motifs is 8. The molecule has 0 radical (unpaired) electrons. The molecule has 314 valence electrons. The summed E-state index contributed by atoms with van der Waals surface area (Å²) in [6.07, 6.45) is 7.47. The maximum absolute atomic E-state index is 13.4. The van der Waals surface area contributed by atoms with Crippen LogP contribution in [0.15, 0.2) is 0 Å². The average molecular weight is 779 g/mol. The van der Waals surface area contributed by atoms with Gasteiger partial charge in [-0.2, -0.15) is 0 Å². The van der Waals surface area contributed by atoms with Gasteiger partial charge in [-0.1, -0.05) is 20.8 Å². The molecule has 0 N–H and O–H groups in total. The quantitative estimate of drug-likeness (QED) is 0.211. The number of hydrogen-bond acceptors (Lipinski definition) is 12. The number of cyclic esters (lactones) is 4. The van der Waals surface area contributed by atoms with Gasteiger partial charge >= 0.3 is 23.9 Å². The van der Waals surface area contributed by atoms with Crippen molar-refractivity contribution in [2.45, 2.75) is 225 Å². The van der Waals surface area contributed by atoms with Crippen molar-refractivity contribution in [2.75, 3.05) is 0 Å². The van der Waals surface area contributed by atoms with Crippen LogP contribution in [0.2, 0.25) is 0 Å². The fourth-order valence-electron chi connectivity index (χ4n) is 9.02. The van der Waals surface area contributed by atoms with E-state index in [1.807, 2.05) is 55.4 Å². The minimum atomic E-state index is -0.435. The monoisotopic (exact) mass is 778 g/mol. The molecule has 55 heavy (non-hydrogen) atoms. The largest absolute Gasteiger partial charge is 0.462 e. The van der Waals surface area contributed by atoms with E-state index in [4.69, 9.17) is 37.9 Å². The van der Waals surface area contributed by atoms with Crippen LogP contribution in [0.25, 0.3) is 0 Å². The molecule has 0 spiro atoms. The van der Waals surface area contributed by atoms with E-state index in [1.165, 1.54) is 0 Å². The van der Waals surface area contributed by atoms with Crippen LogP contribution in [0.4, 0.5) is 0 Å². The lowest BCUT2D eigenvalue weighted by atomic mass is 9.99. The molecular formula is C43H70O12. The number of hydrogen-bond donors (Lipinski definition) is 0. The second-order valence-corrected chi connectivity index (χ2v) is 17.2. The fraction of sp³-hybridized carbons (Fsp3) is 0.907. The molecule has 5 saturated heterocycles. The molecule has 0 aromatic rings. The lowest BCUT2D eigenvalue weighted by Crippen LogP contribution is -2.34. The molecule has 0 aliphatic carbocycles. The van der Waals surface area contributed by atoms with E-state index in [0.717, 1.165) is 51.4 Å². The highest BCUT2D eigenvalue weighted by atomic mass is 16.6. The van der Waals surface area contributed by atoms with Gasteiger partial charge in [0.25, 0.3) is 0 Å². The van der Waals surface area contributed by atoms with Crippen molar-refractivity contribution in [3.8, 4) is 0 Å². The van der Waals surface area contributed by atoms with Crippen molar-refractivity contribution >= 4 is 23.9 Å². The third-order valence-corrected chi connectivity index (χ3v) is 13.0. The SMILES string of the molecule is CC[C@H]1C[C@H]2CC[C@@H](O2)[C@@H](C)C(=O)O[C@H](CC)C[C@H]2CC[C@@H](O2)[C@H](C)C(=O)O[C@@H](C)C[C@@H]2CC[C@H](O2)[C@@H](C)C(=O)O[C@H](CC)C[C@@H]2CC[C@H](O2)[C@H](C)C(=O)O1. The van der Waals surface area contributed by atoms with Gasteiger partial charge in [0.15, 0.2) is 0 Å². The number of ether oxygens (including phenoxy) is 8. The van der Waals surface area contributed by atoms with E-state index in [-0.39, 0.29) is 97.1 Å². The molecule has 8 bridgehead atoms. The topological polar surface area (TPSA) is 142 Å². The van der Waals surface area contributed by atoms with Gasteiger partial charge in [-0.25, -0.2) is 0 Å². The first-order valence-corrected chi connectivity index (χ1v) is 21.7. The Kier molecular flexibility index (Phi) is 16.3. The first-order valence-electron chi connectivity index (χ1n) is 21.7. The second-order valence-electron chi connectivity index (χ2n) is 17.2. The molecule has 12 nitrogen and oxygen atoms in total. The van der Waals surface area contributed by atoms with Gasteiger partial charge in [-0.3, -0.25) is 19.2 Å². The highest BCUT2D eigenvalue weighted by molar-refractivity contribution is 5.74. The van der Waals surface area contributed by atoms with Crippen molar-refractivity contribution in [2.24, 2.45) is 23.7 Å². The highest BCUT2D eigenvalue weighted by Gasteiger charge is 2.41. The van der Waals surface area contributed by atoms with Crippen LogP contribution in [-0.4, -0.2) is 97.1 Å². The first kappa shape index (κ1) is 43.8. The Hall–Kier alpha value is -2.28. The lowest BCUT2D eigenvalue weighted by molar-refractivity contribution is -0.162. The summed E-state index contributed by atoms with van der Waals surface area (Å²) in [5.74, 6) is -2.86. The molecule has 16 atom stereocenters. The minimum absolute atomic E-state index is 0.116. The zero-order chi connectivity index (χ0) is 39.8. The lowest BCUT2D eigenvalue weighted by Gasteiger charge is -2.27. The molecule has 5 rings (SSSR count). The summed E-state index contributed by atoms with van der Waals surface area (Å²) >= 11 is 0. The summed E-state index contributed by atoms with van der Waals surface area (Å²) < 4.78 is 49.3. The Bertz CT molecular complexity index is 1270. The molecular weight excluding hydrogens is 708 g/mol. The maximum Gasteiger partial charge on any atom is 0.311 e. The summed E-state index contributed by atoms with van der Waals surface area (Å²) in [6.45, 7) is 15.3. The average Bonchev–Trinajstić information content (AvgIpc) is 4.01. The van der Waals surface area contributed by atoms with Crippen molar-refractivity contribution in [3.05, 3.63) is 0 Å². The zero-order valence-electron chi connectivity index (χ0n) is 34.7. The minimum Gasteiger partial charge on any atom is -0.462 e. The van der Waals surface area contributed by atoms with Gasteiger partial charge in [-0.15, -0.1) is 0 Å². The van der Waals surface area contributed by atoms with Crippen LogP contribution in [0, 0.1) is 23.7 Å². The van der Waals surface area contributed by atoms with E-state index in [0.29, 0.717) is 44.9 Å². The summed E-state index contributed by atoms with van der Waals surface area (Å²) in [7, 11) is 0. The third-order valence-electron chi connectivity index (χ3n) is 13.0. The zero-order valence-corrected chi connectivity index (χ0v) is 34.7. The van der Waals surface area contributed by atoms with E-state index < -0.39 is 23.7 Å². The van der Waals surface area contributed by atoms with Crippen molar-refractivity contribution in [1.82, 2.24) is 0 Å². The first-order chi connectivity index (χ1) is 26.3. The Morgan fingerprint density at radius 1 is 0.382 bits per heavy atom. The van der Waals surface area contributed by atoms with Crippen LogP contribution in [-0.2, 0) is 57.1 Å². The van der Waals surface area contributed by atoms with Gasteiger partial charge in [0.2, 0.25) is 0 Å². The Balaban J connectivity index is 1.23. The molecule has 5 heterocycles. The van der Waals surface area contributed by atoms with Crippen molar-refractivity contribution in [1.29, 1.82) is 0 Å². The molecule has 5 aliphatic rings. The molecule has 5 aliphatic heterocycles. The van der Waals surface area contributed by atoms with Crippen molar-refractivity contribution < 1.29 is 57.1 Å². The molecule has 5 fully saturated rings. The summed E-state index contributed by atoms with van der Waals surface area (Å²) in [5, 5.41) is 0. The summed E-state index contributed by atoms with van der Waals surface area (Å²) in [5.41, 5.74) is 0. The van der Waals surface area contributed by atoms with Crippen molar-refractivity contribution in [3.63, 3.8) is 0 Å². The smallest absolute Gasteiger partial charge is 0.311 e. The van der Waals surface area contributed by atoms with Gasteiger partial charge in [-0.05, 0) is 105 Å². The van der Waals surface area contributed by atoms with Gasteiger partial charge in [0, 0.05) is 25.7 Å². The maximum atomic E-state index is 13.4. The number of rotatable bonds is 3. The van der Waals surface area contributed by atoms with Gasteiger partial charge in [0.05, 0.1) is 72.5 Å². The van der Waals surface area contributed by atoms with E-state index in [2.05, 4.69) is 0 Å². The molecule has 12 heteroatoms. The van der Waals surface area contributed by atoms with Crippen LogP contribution in [0.1, 0.15) is 152 Å². The van der Waals surface area contributed by atoms with Crippen LogP contribution >= 0.6 is 0 Å². The Labute approximate surface area is 329 Å². The number of carbonyl (C=O) groups is 4. The molecule has 0 aromatic heterocycles. The predicted octanol–water partition coefficient (Wildman–Crippen LogP) is 7.19. The van der Waals surface area contributed by atoms with Gasteiger partial charge in [0.1, 0.15) is 24.4 Å². The summed E-state index contributed by atoms with van der Waals surface area (Å²) in [6, 6.07) is 0. The highest BCUT2D eigenvalue weighted by Crippen LogP contribution is 2.35. The standard InChI is InChI=1S/C43H70O12/c1-9-29-21-33-13-17-36(50-33)25(5)40(44)48-24(4)20-32-12-16-37(49-32)26(6)41(45)53-30(10-2)22-34-14-18-39(51-34)28(8)43(47)55-31(11-3)23-35-15-19-38(52-35)27(7)42(46)54-29/h24-39H,9-23H2,1-8H3/t24-,25-,26+,27+,28-,29+,30+,31-,32-,33+,34-,35+,36+,37-,38+,39-/m0/s1. The van der Waals surface area contributed by atoms with E-state index in [9.17, 15) is 19.2 Å². The molecule has 0 aromatic carbocycles. The molecule has 0 unspecified atom stereocenters. The predicted molar refractivity (Wildman–Crippen MR) is 203 cm³/mol. The molecule has 0 amide bonds. The van der Waals surface area contributed by atoms with E-state index >= 15 is 0 Å². The molecule has 0 saturated carbocycles. The third kappa shape index (κ3) is 11.9.